The van der Waals surface area contributed by atoms with Crippen LogP contribution < -0.4 is 5.32 Å². The summed E-state index contributed by atoms with van der Waals surface area (Å²) in [6.45, 7) is 3.09. The third-order valence-electron chi connectivity index (χ3n) is 3.63. The van der Waals surface area contributed by atoms with E-state index in [-0.39, 0.29) is 10.8 Å². The fourth-order valence-corrected chi connectivity index (χ4v) is 4.28. The van der Waals surface area contributed by atoms with Gasteiger partial charge in [-0.25, -0.2) is 0 Å². The van der Waals surface area contributed by atoms with Gasteiger partial charge in [0.15, 0.2) is 5.76 Å². The molecule has 2 saturated heterocycles. The first kappa shape index (κ1) is 11.2. The minimum absolute atomic E-state index is 0.0403. The molecule has 2 aliphatic rings. The van der Waals surface area contributed by atoms with Crippen molar-refractivity contribution < 1.29 is 14.5 Å². The van der Waals surface area contributed by atoms with Crippen LogP contribution in [0.4, 0.5) is 0 Å². The van der Waals surface area contributed by atoms with E-state index in [1.165, 1.54) is 0 Å². The number of amides is 1. The third-order valence-corrected chi connectivity index (χ3v) is 5.19. The second kappa shape index (κ2) is 4.38. The molecule has 17 heavy (non-hydrogen) atoms. The van der Waals surface area contributed by atoms with E-state index in [0.717, 1.165) is 38.2 Å². The Morgan fingerprint density at radius 1 is 1.47 bits per heavy atom. The first-order valence-corrected chi connectivity index (χ1v) is 7.11. The Hall–Kier alpha value is -0.940. The smallest absolute Gasteiger partial charge is 0.290 e. The highest BCUT2D eigenvalue weighted by Gasteiger charge is 2.46. The zero-order valence-corrected chi connectivity index (χ0v) is 10.5. The SMILES string of the molecule is O=C(c1ccco1)N1CCSC12CC[NH2+]CC2. The number of furan rings is 1. The molecule has 2 N–H and O–H groups in total. The van der Waals surface area contributed by atoms with Gasteiger partial charge in [0, 0.05) is 25.1 Å². The van der Waals surface area contributed by atoms with Gasteiger partial charge in [-0.15, -0.1) is 11.8 Å². The molecule has 4 nitrogen and oxygen atoms in total. The maximum atomic E-state index is 12.4. The highest BCUT2D eigenvalue weighted by molar-refractivity contribution is 8.00. The van der Waals surface area contributed by atoms with Gasteiger partial charge in [0.25, 0.3) is 5.91 Å². The number of quaternary nitrogens is 1. The molecule has 1 aromatic rings. The Bertz CT molecular complexity index is 399. The van der Waals surface area contributed by atoms with Gasteiger partial charge in [-0.1, -0.05) is 0 Å². The lowest BCUT2D eigenvalue weighted by molar-refractivity contribution is -0.664. The van der Waals surface area contributed by atoms with Gasteiger partial charge in [-0.05, 0) is 12.1 Å². The van der Waals surface area contributed by atoms with E-state index in [9.17, 15) is 4.79 Å². The molecule has 2 fully saturated rings. The molecule has 0 aromatic carbocycles. The van der Waals surface area contributed by atoms with Crippen molar-refractivity contribution in [3.05, 3.63) is 24.2 Å². The first-order chi connectivity index (χ1) is 8.32. The fraction of sp³-hybridized carbons (Fsp3) is 0.583. The number of hydrogen-bond acceptors (Lipinski definition) is 3. The molecule has 1 spiro atoms. The van der Waals surface area contributed by atoms with Crippen LogP contribution >= 0.6 is 11.8 Å². The number of nitrogens with two attached hydrogens (primary N) is 1. The molecule has 2 aliphatic heterocycles. The van der Waals surface area contributed by atoms with Crippen LogP contribution in [0, 0.1) is 0 Å². The lowest BCUT2D eigenvalue weighted by atomic mass is 10.0. The van der Waals surface area contributed by atoms with Crippen LogP contribution in [0.3, 0.4) is 0 Å². The molecule has 92 valence electrons. The van der Waals surface area contributed by atoms with Crippen molar-refractivity contribution >= 4 is 17.7 Å². The summed E-state index contributed by atoms with van der Waals surface area (Å²) < 4.78 is 5.23. The van der Waals surface area contributed by atoms with Crippen LogP contribution in [-0.4, -0.2) is 41.1 Å². The maximum Gasteiger partial charge on any atom is 0.290 e. The number of carbonyl (C=O) groups excluding carboxylic acids is 1. The summed E-state index contributed by atoms with van der Waals surface area (Å²) in [5.74, 6) is 1.58. The van der Waals surface area contributed by atoms with Gasteiger partial charge in [0.2, 0.25) is 0 Å². The van der Waals surface area contributed by atoms with Crippen molar-refractivity contribution in [2.45, 2.75) is 17.7 Å². The number of rotatable bonds is 1. The molecule has 3 rings (SSSR count). The van der Waals surface area contributed by atoms with Crippen molar-refractivity contribution in [1.29, 1.82) is 0 Å². The third kappa shape index (κ3) is 1.87. The molecule has 0 bridgehead atoms. The van der Waals surface area contributed by atoms with Gasteiger partial charge in [-0.2, -0.15) is 0 Å². The van der Waals surface area contributed by atoms with Gasteiger partial charge >= 0.3 is 0 Å². The summed E-state index contributed by atoms with van der Waals surface area (Å²) in [6, 6.07) is 3.53. The molecular formula is C12H17N2O2S+. The van der Waals surface area contributed by atoms with Gasteiger partial charge in [0.05, 0.1) is 24.2 Å². The zero-order chi connectivity index (χ0) is 11.7. The van der Waals surface area contributed by atoms with E-state index in [2.05, 4.69) is 5.32 Å². The Kier molecular flexibility index (Phi) is 2.88. The summed E-state index contributed by atoms with van der Waals surface area (Å²) in [5.41, 5.74) is 0. The second-order valence-electron chi connectivity index (χ2n) is 4.59. The van der Waals surface area contributed by atoms with E-state index in [1.54, 1.807) is 18.4 Å². The average Bonchev–Trinajstić information content (AvgIpc) is 2.99. The topological polar surface area (TPSA) is 50.1 Å². The van der Waals surface area contributed by atoms with Gasteiger partial charge in [0.1, 0.15) is 0 Å². The highest BCUT2D eigenvalue weighted by Crippen LogP contribution is 2.42. The fourth-order valence-electron chi connectivity index (χ4n) is 2.77. The summed E-state index contributed by atoms with van der Waals surface area (Å²) in [5, 5.41) is 2.33. The Balaban J connectivity index is 1.84. The molecule has 1 amide bonds. The molecule has 1 aromatic heterocycles. The second-order valence-corrected chi connectivity index (χ2v) is 6.05. The Morgan fingerprint density at radius 2 is 2.29 bits per heavy atom. The summed E-state index contributed by atoms with van der Waals surface area (Å²) in [4.78, 5) is 14.5. The van der Waals surface area contributed by atoms with Crippen LogP contribution in [-0.2, 0) is 0 Å². The quantitative estimate of drug-likeness (QED) is 0.794. The van der Waals surface area contributed by atoms with Crippen molar-refractivity contribution in [3.63, 3.8) is 0 Å². The predicted octanol–water partition coefficient (Wildman–Crippen LogP) is 0.522. The molecule has 5 heteroatoms. The summed E-state index contributed by atoms with van der Waals surface area (Å²) in [6.07, 6.45) is 3.74. The van der Waals surface area contributed by atoms with E-state index in [1.807, 2.05) is 16.7 Å². The number of nitrogens with zero attached hydrogens (tertiary/aromatic N) is 1. The number of carbonyl (C=O) groups is 1. The highest BCUT2D eigenvalue weighted by atomic mass is 32.2. The molecule has 0 saturated carbocycles. The number of hydrogen-bond donors (Lipinski definition) is 1. The molecule has 0 aliphatic carbocycles. The predicted molar refractivity (Wildman–Crippen MR) is 65.8 cm³/mol. The van der Waals surface area contributed by atoms with Gasteiger partial charge in [-0.3, -0.25) is 4.79 Å². The molecule has 0 radical (unpaired) electrons. The normalized spacial score (nSPS) is 23.2. The standard InChI is InChI=1S/C12H16N2O2S/c15-11(10-2-1-8-16-10)14-7-9-17-12(14)3-5-13-6-4-12/h1-2,8,13H,3-7,9H2/p+1. The van der Waals surface area contributed by atoms with Crippen LogP contribution in [0.15, 0.2) is 22.8 Å². The van der Waals surface area contributed by atoms with Crippen LogP contribution in [0.5, 0.6) is 0 Å². The average molecular weight is 253 g/mol. The monoisotopic (exact) mass is 253 g/mol. The Morgan fingerprint density at radius 3 is 3.00 bits per heavy atom. The maximum absolute atomic E-state index is 12.4. The number of thioether (sulfide) groups is 1. The van der Waals surface area contributed by atoms with E-state index in [0.29, 0.717) is 5.76 Å². The summed E-state index contributed by atoms with van der Waals surface area (Å²) in [7, 11) is 0. The van der Waals surface area contributed by atoms with Crippen molar-refractivity contribution in [3.8, 4) is 0 Å². The van der Waals surface area contributed by atoms with E-state index in [4.69, 9.17) is 4.42 Å². The largest absolute Gasteiger partial charge is 0.459 e. The lowest BCUT2D eigenvalue weighted by Gasteiger charge is -2.38. The zero-order valence-electron chi connectivity index (χ0n) is 9.72. The van der Waals surface area contributed by atoms with Crippen molar-refractivity contribution in [2.24, 2.45) is 0 Å². The van der Waals surface area contributed by atoms with Crippen LogP contribution in [0.2, 0.25) is 0 Å². The van der Waals surface area contributed by atoms with Crippen LogP contribution in [0.25, 0.3) is 0 Å². The molecule has 0 unspecified atom stereocenters. The van der Waals surface area contributed by atoms with Crippen molar-refractivity contribution in [2.75, 3.05) is 25.4 Å². The van der Waals surface area contributed by atoms with Gasteiger partial charge < -0.3 is 14.6 Å². The Labute approximate surface area is 105 Å². The van der Waals surface area contributed by atoms with Crippen molar-refractivity contribution in [1.82, 2.24) is 4.90 Å². The summed E-state index contributed by atoms with van der Waals surface area (Å²) >= 11 is 1.94. The first-order valence-electron chi connectivity index (χ1n) is 6.13. The lowest BCUT2D eigenvalue weighted by Crippen LogP contribution is -2.88. The van der Waals surface area contributed by atoms with E-state index >= 15 is 0 Å². The minimum atomic E-state index is 0.0403. The number of piperidine rings is 1. The molecular weight excluding hydrogens is 236 g/mol. The molecule has 3 heterocycles. The molecule has 0 atom stereocenters. The minimum Gasteiger partial charge on any atom is -0.459 e. The van der Waals surface area contributed by atoms with Crippen LogP contribution in [0.1, 0.15) is 23.4 Å². The van der Waals surface area contributed by atoms with E-state index < -0.39 is 0 Å².